The van der Waals surface area contributed by atoms with Gasteiger partial charge in [0.15, 0.2) is 5.69 Å². The summed E-state index contributed by atoms with van der Waals surface area (Å²) in [5, 5.41) is 6.80. The highest BCUT2D eigenvalue weighted by Gasteiger charge is 2.39. The van der Waals surface area contributed by atoms with Crippen LogP contribution < -0.4 is 5.32 Å². The maximum Gasteiger partial charge on any atom is 0.435 e. The van der Waals surface area contributed by atoms with Crippen LogP contribution in [0, 0.1) is 6.92 Å². The molecule has 198 valence electrons. The van der Waals surface area contributed by atoms with Crippen molar-refractivity contribution in [1.29, 1.82) is 0 Å². The van der Waals surface area contributed by atoms with E-state index in [9.17, 15) is 22.4 Å². The molecule has 2 aliphatic carbocycles. The lowest BCUT2D eigenvalue weighted by Crippen LogP contribution is -2.33. The Morgan fingerprint density at radius 2 is 1.87 bits per heavy atom. The van der Waals surface area contributed by atoms with Crippen molar-refractivity contribution in [3.63, 3.8) is 0 Å². The van der Waals surface area contributed by atoms with E-state index in [-0.39, 0.29) is 17.9 Å². The third-order valence-corrected chi connectivity index (χ3v) is 7.13. The number of nitrogens with zero attached hydrogens (tertiary/aromatic N) is 3. The van der Waals surface area contributed by atoms with Crippen molar-refractivity contribution in [2.75, 3.05) is 0 Å². The lowest BCUT2D eigenvalue weighted by Gasteiger charge is -2.23. The van der Waals surface area contributed by atoms with E-state index in [0.717, 1.165) is 28.7 Å². The average Bonchev–Trinajstić information content (AvgIpc) is 3.47. The molecule has 0 aliphatic heterocycles. The maximum absolute atomic E-state index is 13.8. The fraction of sp³-hybridized carbons (Fsp3) is 0.345. The topological polar surface area (TPSA) is 59.8 Å². The fourth-order valence-electron chi connectivity index (χ4n) is 5.37. The Morgan fingerprint density at radius 1 is 1.11 bits per heavy atom. The van der Waals surface area contributed by atoms with Gasteiger partial charge in [0.05, 0.1) is 11.7 Å². The van der Waals surface area contributed by atoms with Gasteiger partial charge in [-0.25, -0.2) is 4.39 Å². The summed E-state index contributed by atoms with van der Waals surface area (Å²) in [6.07, 6.45) is 2.89. The maximum atomic E-state index is 13.8. The van der Waals surface area contributed by atoms with Crippen molar-refractivity contribution in [3.8, 4) is 11.1 Å². The van der Waals surface area contributed by atoms with Gasteiger partial charge in [0.2, 0.25) is 5.91 Å². The van der Waals surface area contributed by atoms with Crippen LogP contribution in [0.5, 0.6) is 0 Å². The molecule has 1 aromatic carbocycles. The predicted molar refractivity (Wildman–Crippen MR) is 136 cm³/mol. The molecule has 9 heteroatoms. The van der Waals surface area contributed by atoms with Crippen molar-refractivity contribution < 1.29 is 22.4 Å². The van der Waals surface area contributed by atoms with Crippen molar-refractivity contribution in [1.82, 2.24) is 20.1 Å². The van der Waals surface area contributed by atoms with Gasteiger partial charge in [-0.2, -0.15) is 18.3 Å². The van der Waals surface area contributed by atoms with Gasteiger partial charge in [-0.15, -0.1) is 0 Å². The molecule has 3 aromatic rings. The number of alkyl halides is 3. The second-order valence-electron chi connectivity index (χ2n) is 9.81. The highest BCUT2D eigenvalue weighted by molar-refractivity contribution is 5.77. The summed E-state index contributed by atoms with van der Waals surface area (Å²) in [5.74, 6) is -0.805. The molecule has 0 spiro atoms. The van der Waals surface area contributed by atoms with Gasteiger partial charge in [0, 0.05) is 23.0 Å². The number of amides is 1. The molecule has 0 saturated carbocycles. The fourth-order valence-corrected chi connectivity index (χ4v) is 5.37. The van der Waals surface area contributed by atoms with E-state index in [2.05, 4.69) is 15.4 Å². The SMILES string of the molecule is Cc1ccccc1-c1cccnc1[C@H](CC1=CC(F)=CC1)NC(=O)Cn1nc(C(F)(F)F)c2c1CCCC2. The van der Waals surface area contributed by atoms with Crippen molar-refractivity contribution >= 4 is 5.91 Å². The molecule has 5 nitrogen and oxygen atoms in total. The van der Waals surface area contributed by atoms with E-state index >= 15 is 0 Å². The van der Waals surface area contributed by atoms with Crippen LogP contribution in [0.1, 0.15) is 59.9 Å². The summed E-state index contributed by atoms with van der Waals surface area (Å²) in [4.78, 5) is 17.9. The first-order valence-corrected chi connectivity index (χ1v) is 12.7. The van der Waals surface area contributed by atoms with Crippen molar-refractivity contribution in [2.45, 2.75) is 64.2 Å². The molecule has 0 fully saturated rings. The smallest absolute Gasteiger partial charge is 0.346 e. The number of aryl methyl sites for hydroxylation is 1. The lowest BCUT2D eigenvalue weighted by atomic mass is 9.93. The molecular formula is C29H28F4N4O. The van der Waals surface area contributed by atoms with Gasteiger partial charge in [-0.3, -0.25) is 14.5 Å². The Morgan fingerprint density at radius 3 is 2.61 bits per heavy atom. The van der Waals surface area contributed by atoms with Gasteiger partial charge in [-0.05, 0) is 74.8 Å². The minimum absolute atomic E-state index is 0.192. The highest BCUT2D eigenvalue weighted by Crippen LogP contribution is 2.37. The Labute approximate surface area is 218 Å². The number of pyridine rings is 1. The number of rotatable bonds is 7. The zero-order chi connectivity index (χ0) is 26.9. The molecule has 0 saturated heterocycles. The summed E-state index contributed by atoms with van der Waals surface area (Å²) < 4.78 is 55.9. The summed E-state index contributed by atoms with van der Waals surface area (Å²) in [6, 6.07) is 10.9. The number of nitrogens with one attached hydrogen (secondary N) is 1. The number of carbonyl (C=O) groups excluding carboxylic acids is 1. The Bertz CT molecular complexity index is 1420. The number of hydrogen-bond donors (Lipinski definition) is 1. The van der Waals surface area contributed by atoms with Crippen LogP contribution in [0.3, 0.4) is 0 Å². The summed E-state index contributed by atoms with van der Waals surface area (Å²) in [6.45, 7) is 1.64. The zero-order valence-electron chi connectivity index (χ0n) is 21.0. The number of allylic oxidation sites excluding steroid dienone is 3. The molecule has 5 rings (SSSR count). The molecule has 1 atom stereocenters. The molecule has 1 N–H and O–H groups in total. The second-order valence-corrected chi connectivity index (χ2v) is 9.81. The Balaban J connectivity index is 1.46. The standard InChI is InChI=1S/C29H28F4N4O/c1-18-7-2-3-8-21(18)22-10-6-14-34-27(22)24(16-19-12-13-20(30)15-19)35-26(38)17-37-25-11-5-4-9-23(25)28(36-37)29(31,32)33/h2-3,6-8,10,13-15,24H,4-5,9,11-12,16-17H2,1H3,(H,35,38)/t24-/m0/s1. The third kappa shape index (κ3) is 5.42. The number of aromatic nitrogens is 3. The van der Waals surface area contributed by atoms with Crippen LogP contribution in [0.4, 0.5) is 17.6 Å². The molecule has 2 aliphatic rings. The predicted octanol–water partition coefficient (Wildman–Crippen LogP) is 6.58. The first-order valence-electron chi connectivity index (χ1n) is 12.7. The van der Waals surface area contributed by atoms with E-state index in [4.69, 9.17) is 0 Å². The van der Waals surface area contributed by atoms with E-state index < -0.39 is 23.8 Å². The Kier molecular flexibility index (Phi) is 7.19. The first-order chi connectivity index (χ1) is 18.2. The van der Waals surface area contributed by atoms with Crippen LogP contribution in [0.2, 0.25) is 0 Å². The normalized spacial score (nSPS) is 16.0. The van der Waals surface area contributed by atoms with Gasteiger partial charge in [0.25, 0.3) is 0 Å². The largest absolute Gasteiger partial charge is 0.435 e. The van der Waals surface area contributed by atoms with E-state index in [0.29, 0.717) is 43.5 Å². The quantitative estimate of drug-likeness (QED) is 0.355. The first kappa shape index (κ1) is 25.9. The zero-order valence-corrected chi connectivity index (χ0v) is 21.0. The summed E-state index contributed by atoms with van der Waals surface area (Å²) in [5.41, 5.74) is 3.99. The van der Waals surface area contributed by atoms with Crippen LogP contribution >= 0.6 is 0 Å². The number of halogens is 4. The number of benzene rings is 1. The number of carbonyl (C=O) groups is 1. The van der Waals surface area contributed by atoms with Crippen LogP contribution in [-0.4, -0.2) is 20.7 Å². The van der Waals surface area contributed by atoms with E-state index in [1.54, 1.807) is 6.20 Å². The minimum atomic E-state index is -4.58. The van der Waals surface area contributed by atoms with Crippen LogP contribution in [0.15, 0.2) is 66.1 Å². The molecule has 38 heavy (non-hydrogen) atoms. The number of fused-ring (bicyclic) bond motifs is 1. The molecule has 2 heterocycles. The van der Waals surface area contributed by atoms with Gasteiger partial charge >= 0.3 is 6.18 Å². The van der Waals surface area contributed by atoms with Crippen molar-refractivity contribution in [3.05, 3.63) is 94.4 Å². The Hall–Kier alpha value is -3.75. The lowest BCUT2D eigenvalue weighted by molar-refractivity contribution is -0.142. The molecular weight excluding hydrogens is 496 g/mol. The van der Waals surface area contributed by atoms with E-state index in [1.165, 1.54) is 16.8 Å². The molecule has 2 aromatic heterocycles. The molecule has 0 bridgehead atoms. The number of hydrogen-bond acceptors (Lipinski definition) is 3. The third-order valence-electron chi connectivity index (χ3n) is 7.13. The summed E-state index contributed by atoms with van der Waals surface area (Å²) in [7, 11) is 0. The minimum Gasteiger partial charge on any atom is -0.346 e. The van der Waals surface area contributed by atoms with Crippen LogP contribution in [-0.2, 0) is 30.4 Å². The average molecular weight is 525 g/mol. The second kappa shape index (κ2) is 10.6. The van der Waals surface area contributed by atoms with Gasteiger partial charge < -0.3 is 5.32 Å². The highest BCUT2D eigenvalue weighted by atomic mass is 19.4. The molecule has 0 unspecified atom stereocenters. The molecule has 0 radical (unpaired) electrons. The van der Waals surface area contributed by atoms with Crippen molar-refractivity contribution in [2.24, 2.45) is 0 Å². The van der Waals surface area contributed by atoms with Gasteiger partial charge in [0.1, 0.15) is 12.4 Å². The summed E-state index contributed by atoms with van der Waals surface area (Å²) >= 11 is 0. The van der Waals surface area contributed by atoms with Gasteiger partial charge in [-0.1, -0.05) is 35.9 Å². The van der Waals surface area contributed by atoms with Crippen LogP contribution in [0.25, 0.3) is 11.1 Å². The molecule has 1 amide bonds. The van der Waals surface area contributed by atoms with E-state index in [1.807, 2.05) is 43.3 Å². The monoisotopic (exact) mass is 524 g/mol.